The molecule has 0 amide bonds. The minimum Gasteiger partial charge on any atom is -0.330 e. The van der Waals surface area contributed by atoms with E-state index in [0.29, 0.717) is 25.1 Å². The maximum atomic E-state index is 13.5. The topological polar surface area (TPSA) is 29.3 Å². The molecular weight excluding hydrogens is 253 g/mol. The Bertz CT molecular complexity index is 429. The van der Waals surface area contributed by atoms with E-state index in [1.54, 1.807) is 0 Å². The van der Waals surface area contributed by atoms with Gasteiger partial charge in [-0.3, -0.25) is 4.90 Å². The molecule has 1 aromatic carbocycles. The van der Waals surface area contributed by atoms with Crippen LogP contribution in [0, 0.1) is 23.4 Å². The van der Waals surface area contributed by atoms with Gasteiger partial charge in [0.15, 0.2) is 11.6 Å². The normalized spacial score (nSPS) is 17.9. The maximum Gasteiger partial charge on any atom is 0.161 e. The number of piperidine rings is 1. The standard InChI is InChI=1S/C14H19F3N2/c15-12-8-14(17)13(16)7-11(12)9-19-5-2-10(1-4-18)3-6-19/h7-8,10H,1-6,9,18H2. The quantitative estimate of drug-likeness (QED) is 0.854. The zero-order chi connectivity index (χ0) is 13.8. The van der Waals surface area contributed by atoms with Crippen LogP contribution in [0.1, 0.15) is 24.8 Å². The Kier molecular flexibility index (Phi) is 4.82. The lowest BCUT2D eigenvalue weighted by Gasteiger charge is -2.31. The summed E-state index contributed by atoms with van der Waals surface area (Å²) in [5.74, 6) is -2.17. The van der Waals surface area contributed by atoms with E-state index in [1.165, 1.54) is 0 Å². The fourth-order valence-corrected chi connectivity index (χ4v) is 2.59. The summed E-state index contributed by atoms with van der Waals surface area (Å²) in [6, 6.07) is 1.57. The lowest BCUT2D eigenvalue weighted by molar-refractivity contribution is 0.171. The Morgan fingerprint density at radius 3 is 2.32 bits per heavy atom. The number of rotatable bonds is 4. The van der Waals surface area contributed by atoms with Crippen molar-refractivity contribution < 1.29 is 13.2 Å². The van der Waals surface area contributed by atoms with Gasteiger partial charge in [0.2, 0.25) is 0 Å². The van der Waals surface area contributed by atoms with E-state index in [2.05, 4.69) is 4.90 Å². The molecule has 106 valence electrons. The van der Waals surface area contributed by atoms with Gasteiger partial charge in [-0.2, -0.15) is 0 Å². The van der Waals surface area contributed by atoms with Gasteiger partial charge in [0.25, 0.3) is 0 Å². The highest BCUT2D eigenvalue weighted by Gasteiger charge is 2.20. The van der Waals surface area contributed by atoms with E-state index >= 15 is 0 Å². The van der Waals surface area contributed by atoms with Gasteiger partial charge in [-0.05, 0) is 50.9 Å². The molecule has 2 nitrogen and oxygen atoms in total. The smallest absolute Gasteiger partial charge is 0.161 e. The molecule has 0 unspecified atom stereocenters. The summed E-state index contributed by atoms with van der Waals surface area (Å²) in [4.78, 5) is 2.07. The third-order valence-corrected chi connectivity index (χ3v) is 3.77. The molecule has 1 saturated heterocycles. The highest BCUT2D eigenvalue weighted by atomic mass is 19.2. The van der Waals surface area contributed by atoms with Crippen LogP contribution in [0.15, 0.2) is 12.1 Å². The number of likely N-dealkylation sites (tertiary alicyclic amines) is 1. The molecule has 5 heteroatoms. The molecule has 0 aliphatic carbocycles. The van der Waals surface area contributed by atoms with Crippen molar-refractivity contribution in [3.8, 4) is 0 Å². The van der Waals surface area contributed by atoms with Crippen LogP contribution < -0.4 is 5.73 Å². The first-order chi connectivity index (χ1) is 9.10. The number of halogens is 3. The van der Waals surface area contributed by atoms with Gasteiger partial charge in [0.05, 0.1) is 0 Å². The van der Waals surface area contributed by atoms with Crippen LogP contribution in [0.5, 0.6) is 0 Å². The van der Waals surface area contributed by atoms with Crippen LogP contribution in [0.3, 0.4) is 0 Å². The van der Waals surface area contributed by atoms with E-state index in [1.807, 2.05) is 0 Å². The number of nitrogens with zero attached hydrogens (tertiary/aromatic N) is 1. The first-order valence-electron chi connectivity index (χ1n) is 6.66. The summed E-state index contributed by atoms with van der Waals surface area (Å²) in [5.41, 5.74) is 5.75. The van der Waals surface area contributed by atoms with E-state index in [4.69, 9.17) is 5.73 Å². The highest BCUT2D eigenvalue weighted by molar-refractivity contribution is 5.20. The van der Waals surface area contributed by atoms with Gasteiger partial charge in [-0.25, -0.2) is 13.2 Å². The van der Waals surface area contributed by atoms with Gasteiger partial charge >= 0.3 is 0 Å². The minimum absolute atomic E-state index is 0.219. The van der Waals surface area contributed by atoms with Crippen LogP contribution in [-0.2, 0) is 6.54 Å². The van der Waals surface area contributed by atoms with E-state index < -0.39 is 17.5 Å². The molecule has 0 radical (unpaired) electrons. The molecule has 1 aliphatic rings. The van der Waals surface area contributed by atoms with Crippen LogP contribution in [0.4, 0.5) is 13.2 Å². The van der Waals surface area contributed by atoms with Crippen molar-refractivity contribution in [2.75, 3.05) is 19.6 Å². The van der Waals surface area contributed by atoms with Crippen molar-refractivity contribution in [2.45, 2.75) is 25.8 Å². The Hall–Kier alpha value is -1.07. The molecule has 0 bridgehead atoms. The van der Waals surface area contributed by atoms with Gasteiger partial charge in [0.1, 0.15) is 5.82 Å². The summed E-state index contributed by atoms with van der Waals surface area (Å²) >= 11 is 0. The minimum atomic E-state index is -1.14. The summed E-state index contributed by atoms with van der Waals surface area (Å²) in [5, 5.41) is 0. The average molecular weight is 272 g/mol. The summed E-state index contributed by atoms with van der Waals surface area (Å²) < 4.78 is 39.5. The SMILES string of the molecule is NCCC1CCN(Cc2cc(F)c(F)cc2F)CC1. The molecule has 19 heavy (non-hydrogen) atoms. The predicted octanol–water partition coefficient (Wildman–Crippen LogP) is 2.66. The lowest BCUT2D eigenvalue weighted by atomic mass is 9.93. The van der Waals surface area contributed by atoms with Gasteiger partial charge in [-0.1, -0.05) is 0 Å². The van der Waals surface area contributed by atoms with Crippen molar-refractivity contribution in [3.63, 3.8) is 0 Å². The van der Waals surface area contributed by atoms with Crippen molar-refractivity contribution in [3.05, 3.63) is 35.1 Å². The molecular formula is C14H19F3N2. The van der Waals surface area contributed by atoms with Crippen LogP contribution in [0.2, 0.25) is 0 Å². The molecule has 1 aliphatic heterocycles. The third-order valence-electron chi connectivity index (χ3n) is 3.77. The Morgan fingerprint density at radius 2 is 1.68 bits per heavy atom. The van der Waals surface area contributed by atoms with Crippen molar-refractivity contribution in [2.24, 2.45) is 11.7 Å². The number of hydrogen-bond donors (Lipinski definition) is 1. The Morgan fingerprint density at radius 1 is 1.05 bits per heavy atom. The van der Waals surface area contributed by atoms with E-state index in [0.717, 1.165) is 38.4 Å². The number of benzene rings is 1. The summed E-state index contributed by atoms with van der Waals surface area (Å²) in [6.07, 6.45) is 3.08. The molecule has 0 saturated carbocycles. The Balaban J connectivity index is 1.94. The molecule has 0 aromatic heterocycles. The first kappa shape index (κ1) is 14.3. The van der Waals surface area contributed by atoms with Crippen LogP contribution in [-0.4, -0.2) is 24.5 Å². The third kappa shape index (κ3) is 3.70. The van der Waals surface area contributed by atoms with Crippen LogP contribution >= 0.6 is 0 Å². The highest BCUT2D eigenvalue weighted by Crippen LogP contribution is 2.22. The summed E-state index contributed by atoms with van der Waals surface area (Å²) in [6.45, 7) is 2.73. The number of hydrogen-bond acceptors (Lipinski definition) is 2. The largest absolute Gasteiger partial charge is 0.330 e. The first-order valence-corrected chi connectivity index (χ1v) is 6.66. The zero-order valence-corrected chi connectivity index (χ0v) is 10.8. The van der Waals surface area contributed by atoms with Gasteiger partial charge in [0, 0.05) is 18.2 Å². The fraction of sp³-hybridized carbons (Fsp3) is 0.571. The molecule has 1 heterocycles. The molecule has 2 rings (SSSR count). The second kappa shape index (κ2) is 6.39. The number of nitrogens with two attached hydrogens (primary N) is 1. The van der Waals surface area contributed by atoms with Crippen molar-refractivity contribution in [1.29, 1.82) is 0 Å². The average Bonchev–Trinajstić information content (AvgIpc) is 2.38. The molecule has 1 aromatic rings. The molecule has 1 fully saturated rings. The second-order valence-corrected chi connectivity index (χ2v) is 5.15. The molecule has 0 spiro atoms. The van der Waals surface area contributed by atoms with E-state index in [-0.39, 0.29) is 5.56 Å². The second-order valence-electron chi connectivity index (χ2n) is 5.15. The van der Waals surface area contributed by atoms with Gasteiger partial charge in [-0.15, -0.1) is 0 Å². The monoisotopic (exact) mass is 272 g/mol. The van der Waals surface area contributed by atoms with Crippen molar-refractivity contribution >= 4 is 0 Å². The maximum absolute atomic E-state index is 13.5. The van der Waals surface area contributed by atoms with E-state index in [9.17, 15) is 13.2 Å². The molecule has 2 N–H and O–H groups in total. The lowest BCUT2D eigenvalue weighted by Crippen LogP contribution is -2.34. The predicted molar refractivity (Wildman–Crippen MR) is 68.0 cm³/mol. The van der Waals surface area contributed by atoms with Crippen LogP contribution in [0.25, 0.3) is 0 Å². The zero-order valence-electron chi connectivity index (χ0n) is 10.8. The van der Waals surface area contributed by atoms with Crippen molar-refractivity contribution in [1.82, 2.24) is 4.90 Å². The molecule has 0 atom stereocenters. The summed E-state index contributed by atoms with van der Waals surface area (Å²) in [7, 11) is 0. The Labute approximate surface area is 111 Å². The fourth-order valence-electron chi connectivity index (χ4n) is 2.59. The van der Waals surface area contributed by atoms with Gasteiger partial charge < -0.3 is 5.73 Å².